The van der Waals surface area contributed by atoms with Crippen LogP contribution in [-0.2, 0) is 11.4 Å². The number of nitrogen functional groups attached to an aromatic ring is 1. The molecule has 11 nitrogen and oxygen atoms in total. The molecule has 0 fully saturated rings. The van der Waals surface area contributed by atoms with E-state index in [9.17, 15) is 9.59 Å². The highest BCUT2D eigenvalue weighted by Gasteiger charge is 2.16. The van der Waals surface area contributed by atoms with Crippen LogP contribution in [-0.4, -0.2) is 45.8 Å². The number of imide groups is 1. The third kappa shape index (κ3) is 6.35. The van der Waals surface area contributed by atoms with Crippen molar-refractivity contribution in [2.24, 2.45) is 0 Å². The molecular formula is C23H26N6O5S. The van der Waals surface area contributed by atoms with Crippen molar-refractivity contribution in [2.75, 3.05) is 30.1 Å². The van der Waals surface area contributed by atoms with Crippen LogP contribution >= 0.6 is 11.8 Å². The Morgan fingerprint density at radius 2 is 1.86 bits per heavy atom. The summed E-state index contributed by atoms with van der Waals surface area (Å²) in [6, 6.07) is 12.1. The number of benzene rings is 2. The number of anilines is 1. The maximum Gasteiger partial charge on any atom is 0.325 e. The topological polar surface area (TPSA) is 143 Å². The van der Waals surface area contributed by atoms with Crippen LogP contribution in [0.15, 0.2) is 47.6 Å². The number of nitrogens with one attached hydrogen (secondary N) is 2. The number of amides is 3. The van der Waals surface area contributed by atoms with Gasteiger partial charge in [0.15, 0.2) is 17.3 Å². The van der Waals surface area contributed by atoms with Crippen molar-refractivity contribution < 1.29 is 23.8 Å². The van der Waals surface area contributed by atoms with Gasteiger partial charge in [0.1, 0.15) is 25.6 Å². The number of carbonyl (C=O) groups excluding carboxylic acids is 2. The molecule has 1 aromatic heterocycles. The summed E-state index contributed by atoms with van der Waals surface area (Å²) in [6.07, 6.45) is 0. The molecule has 0 saturated heterocycles. The average molecular weight is 499 g/mol. The molecule has 0 atom stereocenters. The Labute approximate surface area is 206 Å². The third-order valence-electron chi connectivity index (χ3n) is 5.04. The van der Waals surface area contributed by atoms with E-state index in [4.69, 9.17) is 20.1 Å². The number of hydrogen-bond donors (Lipinski definition) is 3. The number of urea groups is 1. The van der Waals surface area contributed by atoms with Crippen molar-refractivity contribution >= 4 is 29.4 Å². The number of carbonyl (C=O) groups is 2. The summed E-state index contributed by atoms with van der Waals surface area (Å²) >= 11 is 1.05. The standard InChI is InChI=1S/C23H26N6O5S/c1-14(2)15-3-6-17(7-4-15)34-12-20-27-28-23(29(20)24)35-13-21(30)26-22(31)25-16-5-8-18-19(11-16)33-10-9-32-18/h3-8,11,14H,9-10,12-13,24H2,1-2H3,(H2,25,26,30,31). The fraction of sp³-hybridized carbons (Fsp3) is 0.304. The van der Waals surface area contributed by atoms with Gasteiger partial charge in [-0.3, -0.25) is 10.1 Å². The number of ether oxygens (including phenoxy) is 3. The third-order valence-corrected chi connectivity index (χ3v) is 5.98. The van der Waals surface area contributed by atoms with Crippen molar-refractivity contribution in [3.8, 4) is 17.2 Å². The summed E-state index contributed by atoms with van der Waals surface area (Å²) in [4.78, 5) is 24.3. The Kier molecular flexibility index (Phi) is 7.60. The molecule has 35 heavy (non-hydrogen) atoms. The maximum atomic E-state index is 12.2. The molecule has 0 aliphatic carbocycles. The predicted octanol–water partition coefficient (Wildman–Crippen LogP) is 2.91. The fourth-order valence-electron chi connectivity index (χ4n) is 3.18. The zero-order valence-electron chi connectivity index (χ0n) is 19.3. The molecule has 4 N–H and O–H groups in total. The Morgan fingerprint density at radius 3 is 2.60 bits per heavy atom. The maximum absolute atomic E-state index is 12.2. The lowest BCUT2D eigenvalue weighted by Crippen LogP contribution is -2.35. The average Bonchev–Trinajstić information content (AvgIpc) is 3.20. The summed E-state index contributed by atoms with van der Waals surface area (Å²) in [6.45, 7) is 5.28. The number of thioether (sulfide) groups is 1. The van der Waals surface area contributed by atoms with E-state index in [1.807, 2.05) is 24.3 Å². The molecule has 12 heteroatoms. The molecule has 3 aromatic rings. The molecule has 0 radical (unpaired) electrons. The van der Waals surface area contributed by atoms with Crippen LogP contribution in [0, 0.1) is 0 Å². The van der Waals surface area contributed by atoms with Gasteiger partial charge in [-0.1, -0.05) is 37.7 Å². The van der Waals surface area contributed by atoms with E-state index in [1.165, 1.54) is 10.2 Å². The Hall–Kier alpha value is -3.93. The van der Waals surface area contributed by atoms with Crippen LogP contribution in [0.4, 0.5) is 10.5 Å². The van der Waals surface area contributed by atoms with Gasteiger partial charge in [0, 0.05) is 11.8 Å². The number of aromatic nitrogens is 3. The van der Waals surface area contributed by atoms with E-state index in [1.54, 1.807) is 18.2 Å². The van der Waals surface area contributed by atoms with Gasteiger partial charge < -0.3 is 25.4 Å². The summed E-state index contributed by atoms with van der Waals surface area (Å²) in [5, 5.41) is 13.2. The molecule has 4 rings (SSSR count). The normalized spacial score (nSPS) is 12.3. The van der Waals surface area contributed by atoms with Gasteiger partial charge in [-0.25, -0.2) is 9.47 Å². The largest absolute Gasteiger partial charge is 0.486 e. The van der Waals surface area contributed by atoms with Crippen molar-refractivity contribution in [1.82, 2.24) is 20.2 Å². The van der Waals surface area contributed by atoms with Crippen LogP contribution < -0.4 is 30.7 Å². The number of hydrogen-bond acceptors (Lipinski definition) is 9. The van der Waals surface area contributed by atoms with Crippen molar-refractivity contribution in [2.45, 2.75) is 31.5 Å². The molecule has 1 aliphatic heterocycles. The van der Waals surface area contributed by atoms with Gasteiger partial charge in [0.05, 0.1) is 5.75 Å². The first-order valence-corrected chi connectivity index (χ1v) is 11.9. The number of nitrogens with zero attached hydrogens (tertiary/aromatic N) is 3. The second kappa shape index (κ2) is 11.0. The Balaban J connectivity index is 1.23. The van der Waals surface area contributed by atoms with E-state index in [0.29, 0.717) is 53.0 Å². The molecule has 0 saturated carbocycles. The van der Waals surface area contributed by atoms with Gasteiger partial charge in [-0.2, -0.15) is 0 Å². The number of nitrogens with two attached hydrogens (primary N) is 1. The highest BCUT2D eigenvalue weighted by Crippen LogP contribution is 2.32. The van der Waals surface area contributed by atoms with Gasteiger partial charge in [0.25, 0.3) is 0 Å². The lowest BCUT2D eigenvalue weighted by Gasteiger charge is -2.19. The van der Waals surface area contributed by atoms with Crippen LogP contribution in [0.1, 0.15) is 31.2 Å². The number of rotatable bonds is 8. The van der Waals surface area contributed by atoms with Crippen LogP contribution in [0.5, 0.6) is 17.2 Å². The van der Waals surface area contributed by atoms with Crippen LogP contribution in [0.25, 0.3) is 0 Å². The van der Waals surface area contributed by atoms with Crippen molar-refractivity contribution in [1.29, 1.82) is 0 Å². The summed E-state index contributed by atoms with van der Waals surface area (Å²) in [5.41, 5.74) is 1.69. The van der Waals surface area contributed by atoms with Crippen molar-refractivity contribution in [3.05, 3.63) is 53.9 Å². The molecule has 2 aromatic carbocycles. The van der Waals surface area contributed by atoms with E-state index in [2.05, 4.69) is 34.7 Å². The first kappa shape index (κ1) is 24.2. The van der Waals surface area contributed by atoms with E-state index in [0.717, 1.165) is 11.8 Å². The highest BCUT2D eigenvalue weighted by molar-refractivity contribution is 7.99. The first-order valence-electron chi connectivity index (χ1n) is 10.9. The Bertz CT molecular complexity index is 1200. The Morgan fingerprint density at radius 1 is 1.11 bits per heavy atom. The molecular weight excluding hydrogens is 472 g/mol. The summed E-state index contributed by atoms with van der Waals surface area (Å²) in [5.74, 6) is 8.10. The van der Waals surface area contributed by atoms with E-state index in [-0.39, 0.29) is 12.4 Å². The second-order valence-electron chi connectivity index (χ2n) is 7.93. The molecule has 2 heterocycles. The van der Waals surface area contributed by atoms with Gasteiger partial charge >= 0.3 is 6.03 Å². The highest BCUT2D eigenvalue weighted by atomic mass is 32.2. The zero-order chi connectivity index (χ0) is 24.8. The molecule has 0 unspecified atom stereocenters. The van der Waals surface area contributed by atoms with E-state index < -0.39 is 11.9 Å². The minimum Gasteiger partial charge on any atom is -0.486 e. The molecule has 1 aliphatic rings. The molecule has 3 amide bonds. The summed E-state index contributed by atoms with van der Waals surface area (Å²) < 4.78 is 17.9. The van der Waals surface area contributed by atoms with Gasteiger partial charge in [0.2, 0.25) is 11.1 Å². The van der Waals surface area contributed by atoms with Crippen LogP contribution in [0.3, 0.4) is 0 Å². The monoisotopic (exact) mass is 498 g/mol. The van der Waals surface area contributed by atoms with Crippen LogP contribution in [0.2, 0.25) is 0 Å². The first-order chi connectivity index (χ1) is 16.9. The molecule has 184 valence electrons. The zero-order valence-corrected chi connectivity index (χ0v) is 20.1. The lowest BCUT2D eigenvalue weighted by atomic mass is 10.0. The molecule has 0 bridgehead atoms. The minimum atomic E-state index is -0.668. The SMILES string of the molecule is CC(C)c1ccc(OCc2nnc(SCC(=O)NC(=O)Nc3ccc4c(c3)OCCO4)n2N)cc1. The second-order valence-corrected chi connectivity index (χ2v) is 8.87. The smallest absolute Gasteiger partial charge is 0.325 e. The fourth-order valence-corrected chi connectivity index (χ4v) is 3.85. The lowest BCUT2D eigenvalue weighted by molar-refractivity contribution is -0.117. The number of fused-ring (bicyclic) bond motifs is 1. The van der Waals surface area contributed by atoms with E-state index >= 15 is 0 Å². The minimum absolute atomic E-state index is 0.0819. The quantitative estimate of drug-likeness (QED) is 0.315. The molecule has 0 spiro atoms. The summed E-state index contributed by atoms with van der Waals surface area (Å²) in [7, 11) is 0. The van der Waals surface area contributed by atoms with Crippen molar-refractivity contribution in [3.63, 3.8) is 0 Å². The van der Waals surface area contributed by atoms with Gasteiger partial charge in [-0.15, -0.1) is 10.2 Å². The predicted molar refractivity (Wildman–Crippen MR) is 130 cm³/mol. The van der Waals surface area contributed by atoms with Gasteiger partial charge in [-0.05, 0) is 35.7 Å².